The van der Waals surface area contributed by atoms with Crippen molar-refractivity contribution in [2.45, 2.75) is 40.2 Å². The minimum atomic E-state index is 0.627. The highest BCUT2D eigenvalue weighted by Crippen LogP contribution is 2.21. The molecule has 0 aliphatic carbocycles. The maximum absolute atomic E-state index is 5.64. The predicted molar refractivity (Wildman–Crippen MR) is 71.9 cm³/mol. The summed E-state index contributed by atoms with van der Waals surface area (Å²) in [6.07, 6.45) is 2.50. The minimum absolute atomic E-state index is 0.627. The molecule has 0 aliphatic rings. The van der Waals surface area contributed by atoms with Crippen molar-refractivity contribution in [2.75, 3.05) is 18.0 Å². The van der Waals surface area contributed by atoms with Crippen LogP contribution in [0.2, 0.25) is 0 Å². The van der Waals surface area contributed by atoms with Gasteiger partial charge in [-0.3, -0.25) is 0 Å². The molecule has 2 nitrogen and oxygen atoms in total. The van der Waals surface area contributed by atoms with E-state index in [0.717, 1.165) is 13.1 Å². The van der Waals surface area contributed by atoms with Crippen LogP contribution in [0.5, 0.6) is 0 Å². The zero-order valence-corrected chi connectivity index (χ0v) is 10.8. The highest BCUT2D eigenvalue weighted by Gasteiger charge is 2.06. The molecule has 0 atom stereocenters. The Labute approximate surface area is 99.5 Å². The Morgan fingerprint density at radius 1 is 1.25 bits per heavy atom. The standard InChI is InChI=1S/C14H24N2/c1-4-6-9-16(5-2)14-8-7-13(11-15)10-12(14)3/h7-8,10H,4-6,9,11,15H2,1-3H3. The van der Waals surface area contributed by atoms with Crippen LogP contribution in [-0.4, -0.2) is 13.1 Å². The number of nitrogens with two attached hydrogens (primary N) is 1. The summed E-state index contributed by atoms with van der Waals surface area (Å²) >= 11 is 0. The van der Waals surface area contributed by atoms with Crippen LogP contribution in [0.1, 0.15) is 37.8 Å². The summed E-state index contributed by atoms with van der Waals surface area (Å²) in [5.41, 5.74) is 9.55. The average Bonchev–Trinajstić information content (AvgIpc) is 2.31. The van der Waals surface area contributed by atoms with Crippen LogP contribution in [-0.2, 0) is 6.54 Å². The third kappa shape index (κ3) is 3.24. The maximum Gasteiger partial charge on any atom is 0.0396 e. The fourth-order valence-electron chi connectivity index (χ4n) is 2.00. The Bertz CT molecular complexity index is 321. The number of benzene rings is 1. The first-order chi connectivity index (χ1) is 7.72. The Balaban J connectivity index is 2.83. The van der Waals surface area contributed by atoms with Gasteiger partial charge in [0.25, 0.3) is 0 Å². The topological polar surface area (TPSA) is 29.3 Å². The van der Waals surface area contributed by atoms with E-state index in [1.165, 1.54) is 29.7 Å². The lowest BCUT2D eigenvalue weighted by Crippen LogP contribution is -2.24. The van der Waals surface area contributed by atoms with E-state index in [-0.39, 0.29) is 0 Å². The molecule has 0 saturated carbocycles. The van der Waals surface area contributed by atoms with Gasteiger partial charge in [0.2, 0.25) is 0 Å². The highest BCUT2D eigenvalue weighted by atomic mass is 15.1. The van der Waals surface area contributed by atoms with E-state index in [0.29, 0.717) is 6.54 Å². The summed E-state index contributed by atoms with van der Waals surface area (Å²) in [6, 6.07) is 6.54. The quantitative estimate of drug-likeness (QED) is 0.798. The van der Waals surface area contributed by atoms with Gasteiger partial charge in [-0.2, -0.15) is 0 Å². The monoisotopic (exact) mass is 220 g/mol. The summed E-state index contributed by atoms with van der Waals surface area (Å²) in [6.45, 7) is 9.47. The van der Waals surface area contributed by atoms with Crippen molar-refractivity contribution in [3.05, 3.63) is 29.3 Å². The van der Waals surface area contributed by atoms with Gasteiger partial charge in [-0.15, -0.1) is 0 Å². The first-order valence-corrected chi connectivity index (χ1v) is 6.27. The Hall–Kier alpha value is -1.02. The molecule has 0 spiro atoms. The molecule has 0 aliphatic heterocycles. The van der Waals surface area contributed by atoms with E-state index in [1.807, 2.05) is 0 Å². The fraction of sp³-hybridized carbons (Fsp3) is 0.571. The van der Waals surface area contributed by atoms with Crippen molar-refractivity contribution in [2.24, 2.45) is 5.73 Å². The van der Waals surface area contributed by atoms with Crippen LogP contribution in [0.3, 0.4) is 0 Å². The summed E-state index contributed by atoms with van der Waals surface area (Å²) < 4.78 is 0. The van der Waals surface area contributed by atoms with Crippen molar-refractivity contribution in [3.8, 4) is 0 Å². The predicted octanol–water partition coefficient (Wildman–Crippen LogP) is 3.08. The Morgan fingerprint density at radius 2 is 2.00 bits per heavy atom. The molecule has 0 bridgehead atoms. The van der Waals surface area contributed by atoms with E-state index in [2.05, 4.69) is 43.9 Å². The average molecular weight is 220 g/mol. The van der Waals surface area contributed by atoms with Crippen LogP contribution in [0, 0.1) is 6.92 Å². The highest BCUT2D eigenvalue weighted by molar-refractivity contribution is 5.54. The van der Waals surface area contributed by atoms with Crippen LogP contribution in [0.25, 0.3) is 0 Å². The second kappa shape index (κ2) is 6.54. The van der Waals surface area contributed by atoms with Crippen molar-refractivity contribution >= 4 is 5.69 Å². The van der Waals surface area contributed by atoms with E-state index < -0.39 is 0 Å². The number of aryl methyl sites for hydroxylation is 1. The molecule has 1 aromatic rings. The number of hydrogen-bond donors (Lipinski definition) is 1. The third-order valence-corrected chi connectivity index (χ3v) is 3.00. The van der Waals surface area contributed by atoms with Gasteiger partial charge in [-0.05, 0) is 37.5 Å². The summed E-state index contributed by atoms with van der Waals surface area (Å²) in [4.78, 5) is 2.44. The van der Waals surface area contributed by atoms with E-state index >= 15 is 0 Å². The molecule has 0 unspecified atom stereocenters. The Morgan fingerprint density at radius 3 is 2.50 bits per heavy atom. The van der Waals surface area contributed by atoms with Gasteiger partial charge in [0.15, 0.2) is 0 Å². The zero-order valence-electron chi connectivity index (χ0n) is 10.8. The molecule has 2 N–H and O–H groups in total. The van der Waals surface area contributed by atoms with Gasteiger partial charge in [0.05, 0.1) is 0 Å². The van der Waals surface area contributed by atoms with Gasteiger partial charge in [-0.1, -0.05) is 25.5 Å². The fourth-order valence-corrected chi connectivity index (χ4v) is 2.00. The van der Waals surface area contributed by atoms with Crippen LogP contribution < -0.4 is 10.6 Å². The summed E-state index contributed by atoms with van der Waals surface area (Å²) in [5, 5.41) is 0. The molecule has 2 heteroatoms. The number of hydrogen-bond acceptors (Lipinski definition) is 2. The molecule has 0 amide bonds. The number of unbranched alkanes of at least 4 members (excludes halogenated alkanes) is 1. The lowest BCUT2D eigenvalue weighted by atomic mass is 10.1. The molecule has 1 rings (SSSR count). The van der Waals surface area contributed by atoms with Crippen molar-refractivity contribution in [3.63, 3.8) is 0 Å². The lowest BCUT2D eigenvalue weighted by molar-refractivity contribution is 0.730. The molecule has 0 heterocycles. The summed E-state index contributed by atoms with van der Waals surface area (Å²) in [7, 11) is 0. The van der Waals surface area contributed by atoms with Crippen molar-refractivity contribution in [1.29, 1.82) is 0 Å². The third-order valence-electron chi connectivity index (χ3n) is 3.00. The molecular weight excluding hydrogens is 196 g/mol. The molecular formula is C14H24N2. The number of rotatable bonds is 6. The number of anilines is 1. The summed E-state index contributed by atoms with van der Waals surface area (Å²) in [5.74, 6) is 0. The zero-order chi connectivity index (χ0) is 12.0. The van der Waals surface area contributed by atoms with Crippen LogP contribution in [0.4, 0.5) is 5.69 Å². The second-order valence-corrected chi connectivity index (χ2v) is 4.26. The largest absolute Gasteiger partial charge is 0.372 e. The molecule has 1 aromatic carbocycles. The van der Waals surface area contributed by atoms with E-state index in [1.54, 1.807) is 0 Å². The van der Waals surface area contributed by atoms with Crippen LogP contribution >= 0.6 is 0 Å². The Kier molecular flexibility index (Phi) is 5.33. The second-order valence-electron chi connectivity index (χ2n) is 4.26. The van der Waals surface area contributed by atoms with Gasteiger partial charge < -0.3 is 10.6 Å². The van der Waals surface area contributed by atoms with Gasteiger partial charge >= 0.3 is 0 Å². The number of nitrogens with zero attached hydrogens (tertiary/aromatic N) is 1. The van der Waals surface area contributed by atoms with Crippen molar-refractivity contribution < 1.29 is 0 Å². The normalized spacial score (nSPS) is 10.5. The molecule has 0 saturated heterocycles. The molecule has 16 heavy (non-hydrogen) atoms. The molecule has 90 valence electrons. The molecule has 0 aromatic heterocycles. The first kappa shape index (κ1) is 13.0. The molecule has 0 fully saturated rings. The smallest absolute Gasteiger partial charge is 0.0396 e. The molecule has 0 radical (unpaired) electrons. The minimum Gasteiger partial charge on any atom is -0.372 e. The van der Waals surface area contributed by atoms with E-state index in [9.17, 15) is 0 Å². The maximum atomic E-state index is 5.64. The SMILES string of the molecule is CCCCN(CC)c1ccc(CN)cc1C. The van der Waals surface area contributed by atoms with Gasteiger partial charge in [0.1, 0.15) is 0 Å². The first-order valence-electron chi connectivity index (χ1n) is 6.27. The van der Waals surface area contributed by atoms with Gasteiger partial charge in [0, 0.05) is 25.3 Å². The van der Waals surface area contributed by atoms with E-state index in [4.69, 9.17) is 5.73 Å². The lowest BCUT2D eigenvalue weighted by Gasteiger charge is -2.25. The van der Waals surface area contributed by atoms with Crippen LogP contribution in [0.15, 0.2) is 18.2 Å². The van der Waals surface area contributed by atoms with Crippen molar-refractivity contribution in [1.82, 2.24) is 0 Å². The van der Waals surface area contributed by atoms with Gasteiger partial charge in [-0.25, -0.2) is 0 Å².